The van der Waals surface area contributed by atoms with E-state index in [1.54, 1.807) is 26.1 Å². The summed E-state index contributed by atoms with van der Waals surface area (Å²) in [5.74, 6) is 0.704. The number of nitrogens with one attached hydrogen (secondary N) is 2. The van der Waals surface area contributed by atoms with Gasteiger partial charge in [0, 0.05) is 39.3 Å². The van der Waals surface area contributed by atoms with Crippen LogP contribution in [0.1, 0.15) is 18.4 Å². The summed E-state index contributed by atoms with van der Waals surface area (Å²) in [4.78, 5) is 28.3. The first kappa shape index (κ1) is 20.4. The molecule has 0 radical (unpaired) electrons. The Morgan fingerprint density at radius 2 is 2.11 bits per heavy atom. The van der Waals surface area contributed by atoms with Crippen molar-refractivity contribution in [1.29, 1.82) is 0 Å². The van der Waals surface area contributed by atoms with Gasteiger partial charge in [-0.1, -0.05) is 6.07 Å². The zero-order valence-corrected chi connectivity index (χ0v) is 17.0. The van der Waals surface area contributed by atoms with Crippen molar-refractivity contribution in [3.05, 3.63) is 23.8 Å². The normalized spacial score (nSPS) is 24.4. The van der Waals surface area contributed by atoms with E-state index < -0.39 is 0 Å². The Hall–Kier alpha value is -2.32. The van der Waals surface area contributed by atoms with Crippen LogP contribution >= 0.6 is 0 Å². The second-order valence-corrected chi connectivity index (χ2v) is 7.79. The lowest BCUT2D eigenvalue weighted by Crippen LogP contribution is -2.47. The first-order valence-corrected chi connectivity index (χ1v) is 9.63. The molecule has 0 unspecified atom stereocenters. The average Bonchev–Trinajstić information content (AvgIpc) is 3.03. The largest absolute Gasteiger partial charge is 0.495 e. The predicted octanol–water partition coefficient (Wildman–Crippen LogP) is 1.45. The molecule has 0 bridgehead atoms. The number of benzene rings is 1. The molecule has 2 aliphatic heterocycles. The van der Waals surface area contributed by atoms with Gasteiger partial charge in [-0.3, -0.25) is 9.69 Å². The molecular formula is C20H30N4O4. The van der Waals surface area contributed by atoms with E-state index in [-0.39, 0.29) is 30.1 Å². The molecule has 1 aromatic rings. The molecule has 154 valence electrons. The minimum absolute atomic E-state index is 0.0488. The van der Waals surface area contributed by atoms with E-state index >= 15 is 0 Å². The maximum absolute atomic E-state index is 12.5. The predicted molar refractivity (Wildman–Crippen MR) is 107 cm³/mol. The monoisotopic (exact) mass is 390 g/mol. The lowest BCUT2D eigenvalue weighted by molar-refractivity contribution is -0.134. The molecule has 1 aromatic carbocycles. The van der Waals surface area contributed by atoms with Crippen molar-refractivity contribution >= 4 is 17.6 Å². The summed E-state index contributed by atoms with van der Waals surface area (Å²) in [6, 6.07) is 5.75. The van der Waals surface area contributed by atoms with Gasteiger partial charge in [-0.05, 0) is 31.0 Å². The molecule has 2 fully saturated rings. The number of aryl methyl sites for hydroxylation is 1. The number of ether oxygens (including phenoxy) is 2. The van der Waals surface area contributed by atoms with E-state index in [1.807, 2.05) is 25.1 Å². The summed E-state index contributed by atoms with van der Waals surface area (Å²) in [6.07, 6.45) is 1.14. The number of fused-ring (bicyclic) bond motifs is 1. The van der Waals surface area contributed by atoms with E-state index in [9.17, 15) is 9.59 Å². The molecule has 3 rings (SSSR count). The van der Waals surface area contributed by atoms with Crippen LogP contribution in [0.4, 0.5) is 10.5 Å². The highest BCUT2D eigenvalue weighted by Crippen LogP contribution is 2.26. The molecule has 0 aromatic heterocycles. The van der Waals surface area contributed by atoms with Gasteiger partial charge in [-0.15, -0.1) is 0 Å². The number of morpholine rings is 1. The molecule has 8 heteroatoms. The number of rotatable bonds is 5. The van der Waals surface area contributed by atoms with E-state index in [2.05, 4.69) is 15.5 Å². The summed E-state index contributed by atoms with van der Waals surface area (Å²) >= 11 is 0. The van der Waals surface area contributed by atoms with Gasteiger partial charge in [-0.25, -0.2) is 4.79 Å². The fraction of sp³-hybridized carbons (Fsp3) is 0.600. The van der Waals surface area contributed by atoms with Crippen molar-refractivity contribution in [1.82, 2.24) is 15.1 Å². The third-order valence-corrected chi connectivity index (χ3v) is 5.33. The van der Waals surface area contributed by atoms with Gasteiger partial charge in [0.25, 0.3) is 0 Å². The molecule has 8 nitrogen and oxygen atoms in total. The fourth-order valence-corrected chi connectivity index (χ4v) is 3.81. The lowest BCUT2D eigenvalue weighted by Gasteiger charge is -2.35. The van der Waals surface area contributed by atoms with Gasteiger partial charge >= 0.3 is 6.03 Å². The van der Waals surface area contributed by atoms with Crippen molar-refractivity contribution in [2.24, 2.45) is 0 Å². The standard InChI is InChI=1S/C20H30N4O4/c1-13-5-6-18(27-4)17(7-13)22-20(26)21-14-8-15-12-28-16(11-24(15)10-14)9-19(25)23(2)3/h5-7,14-16H,8-12H2,1-4H3,(H2,21,22,26)/t14-,15+,16+/m1/s1. The average molecular weight is 390 g/mol. The molecule has 2 saturated heterocycles. The second kappa shape index (κ2) is 8.79. The number of hydrogen-bond acceptors (Lipinski definition) is 5. The van der Waals surface area contributed by atoms with Gasteiger partial charge in [0.05, 0.1) is 31.9 Å². The van der Waals surface area contributed by atoms with Crippen molar-refractivity contribution in [3.8, 4) is 5.75 Å². The summed E-state index contributed by atoms with van der Waals surface area (Å²) in [5.41, 5.74) is 1.70. The van der Waals surface area contributed by atoms with Crippen molar-refractivity contribution in [2.75, 3.05) is 46.2 Å². The van der Waals surface area contributed by atoms with Gasteiger partial charge in [0.15, 0.2) is 0 Å². The Morgan fingerprint density at radius 1 is 1.32 bits per heavy atom. The SMILES string of the molecule is COc1ccc(C)cc1NC(=O)N[C@@H]1C[C@H]2CO[C@@H](CC(=O)N(C)C)CN2C1. The highest BCUT2D eigenvalue weighted by molar-refractivity contribution is 5.91. The van der Waals surface area contributed by atoms with E-state index in [0.29, 0.717) is 24.5 Å². The zero-order valence-electron chi connectivity index (χ0n) is 17.0. The number of amides is 3. The van der Waals surface area contributed by atoms with Crippen molar-refractivity contribution < 1.29 is 19.1 Å². The Kier molecular flexibility index (Phi) is 6.41. The highest BCUT2D eigenvalue weighted by atomic mass is 16.5. The molecule has 0 aliphatic carbocycles. The van der Waals surface area contributed by atoms with Crippen LogP contribution in [0.5, 0.6) is 5.75 Å². The minimum Gasteiger partial charge on any atom is -0.495 e. The number of carbonyl (C=O) groups excluding carboxylic acids is 2. The van der Waals surface area contributed by atoms with Crippen LogP contribution in [0.2, 0.25) is 0 Å². The topological polar surface area (TPSA) is 83.1 Å². The van der Waals surface area contributed by atoms with Crippen molar-refractivity contribution in [2.45, 2.75) is 38.0 Å². The molecule has 0 saturated carbocycles. The second-order valence-electron chi connectivity index (χ2n) is 7.79. The third kappa shape index (κ3) is 4.94. The minimum atomic E-state index is -0.242. The number of carbonyl (C=O) groups is 2. The Morgan fingerprint density at radius 3 is 2.82 bits per heavy atom. The number of nitrogens with zero attached hydrogens (tertiary/aromatic N) is 2. The van der Waals surface area contributed by atoms with Gasteiger partial charge in [0.1, 0.15) is 5.75 Å². The van der Waals surface area contributed by atoms with Crippen LogP contribution in [0.25, 0.3) is 0 Å². The molecular weight excluding hydrogens is 360 g/mol. The molecule has 0 spiro atoms. The van der Waals surface area contributed by atoms with Crippen LogP contribution in [0, 0.1) is 6.92 Å². The number of hydrogen-bond donors (Lipinski definition) is 2. The van der Waals surface area contributed by atoms with E-state index in [0.717, 1.165) is 25.1 Å². The Labute approximate surface area is 166 Å². The third-order valence-electron chi connectivity index (χ3n) is 5.33. The first-order valence-electron chi connectivity index (χ1n) is 9.63. The molecule has 3 atom stereocenters. The molecule has 3 amide bonds. The maximum atomic E-state index is 12.5. The number of methoxy groups -OCH3 is 1. The number of urea groups is 1. The summed E-state index contributed by atoms with van der Waals surface area (Å²) in [6.45, 7) is 4.04. The van der Waals surface area contributed by atoms with E-state index in [1.165, 1.54) is 0 Å². The molecule has 28 heavy (non-hydrogen) atoms. The highest BCUT2D eigenvalue weighted by Gasteiger charge is 2.38. The maximum Gasteiger partial charge on any atom is 0.319 e. The Bertz CT molecular complexity index is 724. The van der Waals surface area contributed by atoms with Crippen LogP contribution in [0.3, 0.4) is 0 Å². The smallest absolute Gasteiger partial charge is 0.319 e. The lowest BCUT2D eigenvalue weighted by atomic mass is 10.1. The van der Waals surface area contributed by atoms with Gasteiger partial charge in [-0.2, -0.15) is 0 Å². The van der Waals surface area contributed by atoms with Crippen LogP contribution in [-0.2, 0) is 9.53 Å². The van der Waals surface area contributed by atoms with Crippen LogP contribution in [-0.4, -0.2) is 80.8 Å². The first-order chi connectivity index (χ1) is 13.4. The quantitative estimate of drug-likeness (QED) is 0.795. The molecule has 2 aliphatic rings. The number of anilines is 1. The fourth-order valence-electron chi connectivity index (χ4n) is 3.81. The van der Waals surface area contributed by atoms with Crippen LogP contribution < -0.4 is 15.4 Å². The molecule has 2 N–H and O–H groups in total. The summed E-state index contributed by atoms with van der Waals surface area (Å²) in [5, 5.41) is 5.93. The Balaban J connectivity index is 1.51. The van der Waals surface area contributed by atoms with Crippen molar-refractivity contribution in [3.63, 3.8) is 0 Å². The summed E-state index contributed by atoms with van der Waals surface area (Å²) < 4.78 is 11.2. The zero-order chi connectivity index (χ0) is 20.3. The summed E-state index contributed by atoms with van der Waals surface area (Å²) in [7, 11) is 5.09. The van der Waals surface area contributed by atoms with Gasteiger partial charge < -0.3 is 25.0 Å². The van der Waals surface area contributed by atoms with Gasteiger partial charge in [0.2, 0.25) is 5.91 Å². The molecule has 2 heterocycles. The van der Waals surface area contributed by atoms with Crippen LogP contribution in [0.15, 0.2) is 18.2 Å². The van der Waals surface area contributed by atoms with E-state index in [4.69, 9.17) is 9.47 Å².